The third-order valence-electron chi connectivity index (χ3n) is 2.13. The number of nitrogens with zero attached hydrogens (tertiary/aromatic N) is 1. The average molecular weight is 235 g/mol. The average Bonchev–Trinajstić information content (AvgIpc) is 2.29. The van der Waals surface area contributed by atoms with Gasteiger partial charge in [0.2, 0.25) is 5.69 Å². The molecule has 0 aliphatic rings. The fourth-order valence-electron chi connectivity index (χ4n) is 1.46. The maximum atomic E-state index is 11.0. The number of rotatable bonds is 2. The van der Waals surface area contributed by atoms with Gasteiger partial charge in [0.1, 0.15) is 0 Å². The smallest absolute Gasteiger partial charge is 0.330 e. The van der Waals surface area contributed by atoms with Gasteiger partial charge < -0.3 is 4.55 Å². The Morgan fingerprint density at radius 2 is 1.56 bits per heavy atom. The van der Waals surface area contributed by atoms with Gasteiger partial charge in [-0.1, -0.05) is 22.2 Å². The van der Waals surface area contributed by atoms with Gasteiger partial charge in [0.05, 0.1) is 0 Å². The van der Waals surface area contributed by atoms with Crippen molar-refractivity contribution in [2.45, 2.75) is 0 Å². The molecule has 1 heterocycles. The Balaban J connectivity index is 2.68. The molecule has 2 aromatic rings. The maximum Gasteiger partial charge on any atom is 0.330 e. The van der Waals surface area contributed by atoms with Gasteiger partial charge >= 0.3 is 10.3 Å². The minimum atomic E-state index is -4.51. The second-order valence-electron chi connectivity index (χ2n) is 3.21. The summed E-state index contributed by atoms with van der Waals surface area (Å²) in [5, 5.41) is 0. The van der Waals surface area contributed by atoms with E-state index in [-0.39, 0.29) is 0 Å². The summed E-state index contributed by atoms with van der Waals surface area (Å²) in [6.07, 6.45) is 1.24. The van der Waals surface area contributed by atoms with Crippen LogP contribution in [0.25, 0.3) is 11.3 Å². The number of hydrogen-bond donors (Lipinski definition) is 0. The van der Waals surface area contributed by atoms with Gasteiger partial charge in [-0.2, -0.15) is 8.42 Å². The second-order valence-corrected chi connectivity index (χ2v) is 4.45. The van der Waals surface area contributed by atoms with Crippen molar-refractivity contribution in [2.24, 2.45) is 0 Å². The van der Waals surface area contributed by atoms with Crippen LogP contribution >= 0.6 is 0 Å². The first-order valence-corrected chi connectivity index (χ1v) is 5.98. The predicted molar refractivity (Wildman–Crippen MR) is 57.2 cm³/mol. The van der Waals surface area contributed by atoms with Crippen LogP contribution in [0.15, 0.2) is 54.7 Å². The van der Waals surface area contributed by atoms with Crippen molar-refractivity contribution in [1.82, 2.24) is 0 Å². The molecule has 0 saturated carbocycles. The lowest BCUT2D eigenvalue weighted by Crippen LogP contribution is -2.43. The molecule has 0 amide bonds. The molecule has 1 aromatic carbocycles. The van der Waals surface area contributed by atoms with Crippen molar-refractivity contribution >= 4 is 10.3 Å². The molecule has 4 nitrogen and oxygen atoms in total. The van der Waals surface area contributed by atoms with E-state index < -0.39 is 10.3 Å². The van der Waals surface area contributed by atoms with Crippen LogP contribution in [-0.2, 0) is 10.3 Å². The van der Waals surface area contributed by atoms with Crippen LogP contribution in [0, 0.1) is 0 Å². The van der Waals surface area contributed by atoms with Crippen LogP contribution < -0.4 is 3.97 Å². The van der Waals surface area contributed by atoms with Gasteiger partial charge in [0.25, 0.3) is 0 Å². The van der Waals surface area contributed by atoms with Crippen LogP contribution in [-0.4, -0.2) is 13.0 Å². The Morgan fingerprint density at radius 1 is 0.938 bits per heavy atom. The summed E-state index contributed by atoms with van der Waals surface area (Å²) in [6.45, 7) is 0. The van der Waals surface area contributed by atoms with E-state index in [9.17, 15) is 13.0 Å². The number of benzene rings is 1. The minimum absolute atomic E-state index is 0.359. The van der Waals surface area contributed by atoms with Gasteiger partial charge in [-0.05, 0) is 18.2 Å². The highest BCUT2D eigenvalue weighted by molar-refractivity contribution is 7.79. The van der Waals surface area contributed by atoms with Crippen LogP contribution in [0.1, 0.15) is 0 Å². The van der Waals surface area contributed by atoms with E-state index in [1.165, 1.54) is 12.3 Å². The molecule has 0 aliphatic heterocycles. The van der Waals surface area contributed by atoms with E-state index in [4.69, 9.17) is 0 Å². The third-order valence-corrected chi connectivity index (χ3v) is 2.93. The lowest BCUT2D eigenvalue weighted by atomic mass is 10.1. The molecule has 0 bridgehead atoms. The first-order chi connectivity index (χ1) is 7.59. The monoisotopic (exact) mass is 235 g/mol. The molecule has 5 heteroatoms. The van der Waals surface area contributed by atoms with Crippen molar-refractivity contribution < 1.29 is 16.9 Å². The first kappa shape index (κ1) is 10.8. The number of pyridine rings is 1. The Morgan fingerprint density at radius 3 is 2.19 bits per heavy atom. The highest BCUT2D eigenvalue weighted by Crippen LogP contribution is 2.14. The molecule has 0 saturated heterocycles. The van der Waals surface area contributed by atoms with Gasteiger partial charge in [-0.3, -0.25) is 0 Å². The van der Waals surface area contributed by atoms with E-state index in [0.29, 0.717) is 11.3 Å². The van der Waals surface area contributed by atoms with Crippen LogP contribution in [0.5, 0.6) is 0 Å². The molecule has 0 radical (unpaired) electrons. The Kier molecular flexibility index (Phi) is 2.72. The Hall–Kier alpha value is -1.72. The standard InChI is InChI=1S/C11H9NO3S/c13-16(14,15)12-9-5-4-8-11(12)10-6-2-1-3-7-10/h1-9H. The van der Waals surface area contributed by atoms with E-state index >= 15 is 0 Å². The Labute approximate surface area is 93.7 Å². The van der Waals surface area contributed by atoms with Crippen LogP contribution in [0.2, 0.25) is 0 Å². The molecule has 16 heavy (non-hydrogen) atoms. The summed E-state index contributed by atoms with van der Waals surface area (Å²) in [5.41, 5.74) is 1.04. The molecular weight excluding hydrogens is 226 g/mol. The van der Waals surface area contributed by atoms with Crippen molar-refractivity contribution in [3.8, 4) is 11.3 Å². The van der Waals surface area contributed by atoms with Crippen molar-refractivity contribution in [1.29, 1.82) is 0 Å². The lowest BCUT2D eigenvalue weighted by molar-refractivity contribution is -0.507. The highest BCUT2D eigenvalue weighted by atomic mass is 32.2. The van der Waals surface area contributed by atoms with Crippen LogP contribution in [0.4, 0.5) is 0 Å². The normalized spacial score (nSPS) is 11.3. The molecule has 0 fully saturated rings. The zero-order valence-corrected chi connectivity index (χ0v) is 9.09. The Bertz CT molecular complexity index is 594. The summed E-state index contributed by atoms with van der Waals surface area (Å²) in [4.78, 5) is 0. The lowest BCUT2D eigenvalue weighted by Gasteiger charge is -2.05. The van der Waals surface area contributed by atoms with E-state index in [1.54, 1.807) is 36.4 Å². The topological polar surface area (TPSA) is 61.1 Å². The molecule has 82 valence electrons. The summed E-state index contributed by atoms with van der Waals surface area (Å²) in [6, 6.07) is 13.7. The molecule has 0 N–H and O–H groups in total. The fourth-order valence-corrected chi connectivity index (χ4v) is 2.08. The maximum absolute atomic E-state index is 11.0. The molecule has 2 rings (SSSR count). The van der Waals surface area contributed by atoms with Crippen molar-refractivity contribution in [2.75, 3.05) is 0 Å². The zero-order chi connectivity index (χ0) is 11.6. The van der Waals surface area contributed by atoms with Crippen molar-refractivity contribution in [3.63, 3.8) is 0 Å². The van der Waals surface area contributed by atoms with E-state index in [0.717, 1.165) is 3.97 Å². The molecule has 1 aromatic heterocycles. The van der Waals surface area contributed by atoms with E-state index in [2.05, 4.69) is 0 Å². The van der Waals surface area contributed by atoms with E-state index in [1.807, 2.05) is 6.07 Å². The quantitative estimate of drug-likeness (QED) is 0.575. The predicted octanol–water partition coefficient (Wildman–Crippen LogP) is 0.949. The summed E-state index contributed by atoms with van der Waals surface area (Å²) >= 11 is 0. The highest BCUT2D eigenvalue weighted by Gasteiger charge is 2.16. The van der Waals surface area contributed by atoms with Gasteiger partial charge in [0.15, 0.2) is 6.20 Å². The molecule has 0 aliphatic carbocycles. The number of hydrogen-bond acceptors (Lipinski definition) is 3. The van der Waals surface area contributed by atoms with Crippen LogP contribution in [0.3, 0.4) is 0 Å². The minimum Gasteiger partial charge on any atom is -0.693 e. The third kappa shape index (κ3) is 2.10. The largest absolute Gasteiger partial charge is 0.693 e. The SMILES string of the molecule is O=S(=O)([O-])[n+]1ccccc1-c1ccccc1. The molecule has 0 atom stereocenters. The van der Waals surface area contributed by atoms with Crippen molar-refractivity contribution in [3.05, 3.63) is 54.7 Å². The van der Waals surface area contributed by atoms with Gasteiger partial charge in [-0.25, -0.2) is 0 Å². The van der Waals surface area contributed by atoms with Gasteiger partial charge in [-0.15, -0.1) is 0 Å². The molecule has 0 spiro atoms. The summed E-state index contributed by atoms with van der Waals surface area (Å²) in [5.74, 6) is 0. The summed E-state index contributed by atoms with van der Waals surface area (Å²) in [7, 11) is -4.51. The molecule has 0 unspecified atom stereocenters. The summed E-state index contributed by atoms with van der Waals surface area (Å²) < 4.78 is 33.8. The second kappa shape index (κ2) is 4.03. The first-order valence-electron chi connectivity index (χ1n) is 4.61. The van der Waals surface area contributed by atoms with Gasteiger partial charge in [0, 0.05) is 17.7 Å². The number of aromatic nitrogens is 1. The molecular formula is C11H9NO3S. The zero-order valence-electron chi connectivity index (χ0n) is 8.28. The fraction of sp³-hybridized carbons (Fsp3) is 0.